The van der Waals surface area contributed by atoms with Crippen LogP contribution in [-0.4, -0.2) is 37.1 Å². The lowest BCUT2D eigenvalue weighted by atomic mass is 10.1. The Morgan fingerprint density at radius 2 is 1.92 bits per heavy atom. The molecule has 1 saturated heterocycles. The number of likely N-dealkylation sites (tertiary alicyclic amines) is 1. The Balaban J connectivity index is 2.11. The quantitative estimate of drug-likeness (QED) is 0.687. The van der Waals surface area contributed by atoms with E-state index in [1.54, 1.807) is 0 Å². The number of piperidine rings is 1. The molecule has 0 aromatic heterocycles. The van der Waals surface area contributed by atoms with E-state index in [1.165, 1.54) is 38.9 Å². The van der Waals surface area contributed by atoms with E-state index in [9.17, 15) is 0 Å². The highest BCUT2D eigenvalue weighted by molar-refractivity contribution is 4.70. The number of rotatable bonds is 4. The summed E-state index contributed by atoms with van der Waals surface area (Å²) in [6.45, 7) is 9.40. The van der Waals surface area contributed by atoms with Crippen LogP contribution in [0.25, 0.3) is 0 Å². The first-order valence-corrected chi connectivity index (χ1v) is 5.28. The fourth-order valence-electron chi connectivity index (χ4n) is 1.94. The summed E-state index contributed by atoms with van der Waals surface area (Å²) in [5.41, 5.74) is 0. The van der Waals surface area contributed by atoms with E-state index in [1.807, 2.05) is 0 Å². The van der Waals surface area contributed by atoms with Crippen molar-refractivity contribution in [3.63, 3.8) is 0 Å². The standard InChI is InChI=1S/C10H22N2/c1-3-11-10(2)9-12-7-5-4-6-8-12/h10-11H,3-9H2,1-2H3. The molecule has 2 heteroatoms. The van der Waals surface area contributed by atoms with Crippen LogP contribution in [0, 0.1) is 0 Å². The van der Waals surface area contributed by atoms with Crippen LogP contribution in [0.5, 0.6) is 0 Å². The lowest BCUT2D eigenvalue weighted by Gasteiger charge is -2.29. The molecule has 12 heavy (non-hydrogen) atoms. The fourth-order valence-corrected chi connectivity index (χ4v) is 1.94. The average Bonchev–Trinajstić information content (AvgIpc) is 2.06. The van der Waals surface area contributed by atoms with Crippen molar-refractivity contribution in [3.05, 3.63) is 0 Å². The highest BCUT2D eigenvalue weighted by Gasteiger charge is 2.11. The van der Waals surface area contributed by atoms with Gasteiger partial charge in [-0.15, -0.1) is 0 Å². The summed E-state index contributed by atoms with van der Waals surface area (Å²) >= 11 is 0. The molecule has 1 aliphatic rings. The summed E-state index contributed by atoms with van der Waals surface area (Å²) < 4.78 is 0. The zero-order valence-electron chi connectivity index (χ0n) is 8.47. The molecule has 0 radical (unpaired) electrons. The van der Waals surface area contributed by atoms with E-state index in [0.29, 0.717) is 6.04 Å². The van der Waals surface area contributed by atoms with Gasteiger partial charge in [0.05, 0.1) is 0 Å². The highest BCUT2D eigenvalue weighted by Crippen LogP contribution is 2.08. The van der Waals surface area contributed by atoms with Crippen LogP contribution in [0.3, 0.4) is 0 Å². The van der Waals surface area contributed by atoms with Crippen LogP contribution in [-0.2, 0) is 0 Å². The lowest BCUT2D eigenvalue weighted by molar-refractivity contribution is 0.210. The zero-order valence-corrected chi connectivity index (χ0v) is 8.47. The molecular formula is C10H22N2. The molecule has 0 aliphatic carbocycles. The van der Waals surface area contributed by atoms with Crippen molar-refractivity contribution >= 4 is 0 Å². The molecule has 1 rings (SSSR count). The Hall–Kier alpha value is -0.0800. The first kappa shape index (κ1) is 10.0. The van der Waals surface area contributed by atoms with Gasteiger partial charge in [0.1, 0.15) is 0 Å². The molecule has 1 unspecified atom stereocenters. The van der Waals surface area contributed by atoms with E-state index in [2.05, 4.69) is 24.1 Å². The molecule has 2 nitrogen and oxygen atoms in total. The SMILES string of the molecule is CCNC(C)CN1CCCCC1. The molecule has 0 aromatic carbocycles. The van der Waals surface area contributed by atoms with Gasteiger partial charge in [-0.05, 0) is 39.4 Å². The van der Waals surface area contributed by atoms with Crippen LogP contribution >= 0.6 is 0 Å². The molecule has 1 aliphatic heterocycles. The van der Waals surface area contributed by atoms with Crippen molar-refractivity contribution in [2.45, 2.75) is 39.2 Å². The van der Waals surface area contributed by atoms with Crippen molar-refractivity contribution in [1.82, 2.24) is 10.2 Å². The van der Waals surface area contributed by atoms with Gasteiger partial charge in [0, 0.05) is 12.6 Å². The summed E-state index contributed by atoms with van der Waals surface area (Å²) in [6.07, 6.45) is 4.24. The second-order valence-corrected chi connectivity index (χ2v) is 3.82. The maximum absolute atomic E-state index is 3.45. The molecule has 0 aromatic rings. The third-order valence-electron chi connectivity index (χ3n) is 2.53. The van der Waals surface area contributed by atoms with E-state index in [-0.39, 0.29) is 0 Å². The molecule has 1 atom stereocenters. The molecule has 0 spiro atoms. The first-order valence-electron chi connectivity index (χ1n) is 5.28. The maximum Gasteiger partial charge on any atom is 0.0166 e. The minimum Gasteiger partial charge on any atom is -0.313 e. The van der Waals surface area contributed by atoms with Crippen LogP contribution in [0.1, 0.15) is 33.1 Å². The van der Waals surface area contributed by atoms with Gasteiger partial charge in [-0.25, -0.2) is 0 Å². The van der Waals surface area contributed by atoms with Gasteiger partial charge >= 0.3 is 0 Å². The molecule has 1 N–H and O–H groups in total. The number of nitrogens with zero attached hydrogens (tertiary/aromatic N) is 1. The summed E-state index contributed by atoms with van der Waals surface area (Å²) in [5, 5.41) is 3.45. The molecule has 1 fully saturated rings. The Morgan fingerprint density at radius 1 is 1.25 bits per heavy atom. The Kier molecular flexibility index (Phi) is 4.62. The second-order valence-electron chi connectivity index (χ2n) is 3.82. The zero-order chi connectivity index (χ0) is 8.81. The van der Waals surface area contributed by atoms with Crippen molar-refractivity contribution in [1.29, 1.82) is 0 Å². The molecule has 1 heterocycles. The number of likely N-dealkylation sites (N-methyl/N-ethyl adjacent to an activating group) is 1. The third-order valence-corrected chi connectivity index (χ3v) is 2.53. The molecule has 0 amide bonds. The maximum atomic E-state index is 3.45. The highest BCUT2D eigenvalue weighted by atomic mass is 15.1. The summed E-state index contributed by atoms with van der Waals surface area (Å²) in [6, 6.07) is 0.660. The summed E-state index contributed by atoms with van der Waals surface area (Å²) in [4.78, 5) is 2.58. The minimum absolute atomic E-state index is 0.660. The van der Waals surface area contributed by atoms with Crippen molar-refractivity contribution < 1.29 is 0 Å². The monoisotopic (exact) mass is 170 g/mol. The number of hydrogen-bond donors (Lipinski definition) is 1. The van der Waals surface area contributed by atoms with Crippen LogP contribution in [0.15, 0.2) is 0 Å². The van der Waals surface area contributed by atoms with E-state index in [0.717, 1.165) is 6.54 Å². The smallest absolute Gasteiger partial charge is 0.0166 e. The third kappa shape index (κ3) is 3.55. The van der Waals surface area contributed by atoms with Crippen molar-refractivity contribution in [3.8, 4) is 0 Å². The van der Waals surface area contributed by atoms with Crippen LogP contribution < -0.4 is 5.32 Å². The fraction of sp³-hybridized carbons (Fsp3) is 1.00. The van der Waals surface area contributed by atoms with E-state index < -0.39 is 0 Å². The van der Waals surface area contributed by atoms with Gasteiger partial charge in [-0.3, -0.25) is 0 Å². The van der Waals surface area contributed by atoms with Crippen LogP contribution in [0.4, 0.5) is 0 Å². The van der Waals surface area contributed by atoms with Gasteiger partial charge in [0.25, 0.3) is 0 Å². The van der Waals surface area contributed by atoms with Crippen molar-refractivity contribution in [2.75, 3.05) is 26.2 Å². The largest absolute Gasteiger partial charge is 0.313 e. The average molecular weight is 170 g/mol. The van der Waals surface area contributed by atoms with Gasteiger partial charge < -0.3 is 10.2 Å². The Labute approximate surface area is 76.3 Å². The molecule has 72 valence electrons. The van der Waals surface area contributed by atoms with Gasteiger partial charge in [0.2, 0.25) is 0 Å². The topological polar surface area (TPSA) is 15.3 Å². The Morgan fingerprint density at radius 3 is 2.50 bits per heavy atom. The normalized spacial score (nSPS) is 22.5. The van der Waals surface area contributed by atoms with Crippen LogP contribution in [0.2, 0.25) is 0 Å². The Bertz CT molecular complexity index is 108. The molecule has 0 bridgehead atoms. The predicted molar refractivity (Wildman–Crippen MR) is 53.4 cm³/mol. The minimum atomic E-state index is 0.660. The number of hydrogen-bond acceptors (Lipinski definition) is 2. The van der Waals surface area contributed by atoms with E-state index >= 15 is 0 Å². The van der Waals surface area contributed by atoms with E-state index in [4.69, 9.17) is 0 Å². The second kappa shape index (κ2) is 5.55. The summed E-state index contributed by atoms with van der Waals surface area (Å²) in [7, 11) is 0. The molecule has 0 saturated carbocycles. The lowest BCUT2D eigenvalue weighted by Crippen LogP contribution is -2.41. The van der Waals surface area contributed by atoms with Gasteiger partial charge in [-0.1, -0.05) is 13.3 Å². The first-order chi connectivity index (χ1) is 5.83. The van der Waals surface area contributed by atoms with Crippen molar-refractivity contribution in [2.24, 2.45) is 0 Å². The predicted octanol–water partition coefficient (Wildman–Crippen LogP) is 1.47. The molecular weight excluding hydrogens is 148 g/mol. The summed E-state index contributed by atoms with van der Waals surface area (Å²) in [5.74, 6) is 0. The van der Waals surface area contributed by atoms with Gasteiger partial charge in [-0.2, -0.15) is 0 Å². The number of nitrogens with one attached hydrogen (secondary N) is 1. The van der Waals surface area contributed by atoms with Gasteiger partial charge in [0.15, 0.2) is 0 Å².